The maximum absolute atomic E-state index is 11.9. The third kappa shape index (κ3) is 3.99. The normalized spacial score (nSPS) is 25.1. The quantitative estimate of drug-likeness (QED) is 0.618. The third-order valence-corrected chi connectivity index (χ3v) is 3.62. The Morgan fingerprint density at radius 2 is 2.19 bits per heavy atom. The van der Waals surface area contributed by atoms with Gasteiger partial charge in [0.25, 0.3) is 12.4 Å². The molecule has 0 spiro atoms. The average molecular weight is 297 g/mol. The van der Waals surface area contributed by atoms with Gasteiger partial charge in [0.1, 0.15) is 0 Å². The number of likely N-dealkylation sites (tertiary alicyclic amines) is 1. The summed E-state index contributed by atoms with van der Waals surface area (Å²) in [7, 11) is 0. The largest absolute Gasteiger partial charge is 0.483 e. The summed E-state index contributed by atoms with van der Waals surface area (Å²) in [5, 5.41) is 19.7. The second-order valence-corrected chi connectivity index (χ2v) is 4.89. The first-order valence-corrected chi connectivity index (χ1v) is 6.82. The van der Waals surface area contributed by atoms with Crippen molar-refractivity contribution in [3.05, 3.63) is 11.9 Å². The fourth-order valence-electron chi connectivity index (χ4n) is 2.67. The zero-order valence-corrected chi connectivity index (χ0v) is 11.6. The van der Waals surface area contributed by atoms with Gasteiger partial charge in [0, 0.05) is 0 Å². The monoisotopic (exact) mass is 297 g/mol. The molecule has 3 N–H and O–H groups in total. The summed E-state index contributed by atoms with van der Waals surface area (Å²) in [4.78, 5) is 22.7. The van der Waals surface area contributed by atoms with Crippen LogP contribution in [0.3, 0.4) is 0 Å². The summed E-state index contributed by atoms with van der Waals surface area (Å²) < 4.78 is 5.50. The van der Waals surface area contributed by atoms with Crippen LogP contribution in [-0.2, 0) is 9.53 Å². The summed E-state index contributed by atoms with van der Waals surface area (Å²) in [5.74, 6) is -0.191. The van der Waals surface area contributed by atoms with E-state index in [0.717, 1.165) is 13.1 Å². The molecule has 1 amide bonds. The molecule has 0 unspecified atom stereocenters. The number of ether oxygens (including phenoxy) is 1. The molecule has 2 fully saturated rings. The Balaban J connectivity index is 0.000000497. The van der Waals surface area contributed by atoms with Crippen molar-refractivity contribution in [1.29, 1.82) is 0 Å². The fourth-order valence-corrected chi connectivity index (χ4v) is 2.67. The van der Waals surface area contributed by atoms with Crippen molar-refractivity contribution in [2.24, 2.45) is 0 Å². The van der Waals surface area contributed by atoms with Gasteiger partial charge in [0.2, 0.25) is 0 Å². The molecule has 2 saturated heterocycles. The molecule has 0 aromatic carbocycles. The van der Waals surface area contributed by atoms with E-state index in [1.807, 2.05) is 0 Å². The molecule has 2 atom stereocenters. The summed E-state index contributed by atoms with van der Waals surface area (Å²) in [6.07, 6.45) is 3.90. The smallest absolute Gasteiger partial charge is 0.290 e. The molecular weight excluding hydrogens is 278 g/mol. The predicted octanol–water partition coefficient (Wildman–Crippen LogP) is -0.901. The average Bonchev–Trinajstić information content (AvgIpc) is 3.22. The lowest BCUT2D eigenvalue weighted by Crippen LogP contribution is -2.50. The third-order valence-electron chi connectivity index (χ3n) is 3.62. The highest BCUT2D eigenvalue weighted by Gasteiger charge is 2.35. The van der Waals surface area contributed by atoms with Gasteiger partial charge in [0.05, 0.1) is 31.5 Å². The van der Waals surface area contributed by atoms with E-state index >= 15 is 0 Å². The maximum Gasteiger partial charge on any atom is 0.290 e. The first kappa shape index (κ1) is 15.4. The number of hydrogen-bond donors (Lipinski definition) is 3. The van der Waals surface area contributed by atoms with Crippen LogP contribution in [0.4, 0.5) is 0 Å². The van der Waals surface area contributed by atoms with Gasteiger partial charge < -0.3 is 15.2 Å². The van der Waals surface area contributed by atoms with Gasteiger partial charge in [-0.2, -0.15) is 15.4 Å². The Labute approximate surface area is 121 Å². The van der Waals surface area contributed by atoms with E-state index < -0.39 is 0 Å². The van der Waals surface area contributed by atoms with Gasteiger partial charge in [-0.25, -0.2) is 0 Å². The van der Waals surface area contributed by atoms with Gasteiger partial charge in [-0.3, -0.25) is 14.5 Å². The lowest BCUT2D eigenvalue weighted by Gasteiger charge is -2.27. The molecule has 0 saturated carbocycles. The van der Waals surface area contributed by atoms with E-state index in [2.05, 4.69) is 25.6 Å². The van der Waals surface area contributed by atoms with Crippen LogP contribution in [0.1, 0.15) is 23.3 Å². The first-order chi connectivity index (χ1) is 10.3. The molecule has 9 heteroatoms. The van der Waals surface area contributed by atoms with E-state index in [-0.39, 0.29) is 18.4 Å². The lowest BCUT2D eigenvalue weighted by molar-refractivity contribution is -0.122. The molecule has 0 radical (unpaired) electrons. The molecule has 0 bridgehead atoms. The molecule has 2 aliphatic rings. The number of aromatic amines is 1. The minimum Gasteiger partial charge on any atom is -0.483 e. The van der Waals surface area contributed by atoms with E-state index in [1.165, 1.54) is 19.0 Å². The van der Waals surface area contributed by atoms with Crippen LogP contribution in [-0.4, -0.2) is 76.2 Å². The van der Waals surface area contributed by atoms with Crippen LogP contribution in [0, 0.1) is 0 Å². The van der Waals surface area contributed by atoms with Crippen LogP contribution in [0.15, 0.2) is 6.20 Å². The summed E-state index contributed by atoms with van der Waals surface area (Å²) in [6.45, 7) is 3.23. The molecule has 21 heavy (non-hydrogen) atoms. The van der Waals surface area contributed by atoms with Gasteiger partial charge in [-0.05, 0) is 25.9 Å². The van der Waals surface area contributed by atoms with Crippen molar-refractivity contribution < 1.29 is 19.4 Å². The second-order valence-electron chi connectivity index (χ2n) is 4.89. The molecule has 1 aromatic heterocycles. The van der Waals surface area contributed by atoms with E-state index in [4.69, 9.17) is 14.6 Å². The SMILES string of the molecule is O=C(N[C@H]1COC[C@@H]1N1CCCC1)c1cn[nH]n1.O=CO. The number of nitrogens with one attached hydrogen (secondary N) is 2. The Morgan fingerprint density at radius 3 is 2.81 bits per heavy atom. The number of amides is 1. The maximum atomic E-state index is 11.9. The van der Waals surface area contributed by atoms with Crippen LogP contribution in [0.2, 0.25) is 0 Å². The Hall–Kier alpha value is -2.00. The summed E-state index contributed by atoms with van der Waals surface area (Å²) in [5.41, 5.74) is 0.321. The van der Waals surface area contributed by atoms with Gasteiger partial charge in [-0.15, -0.1) is 0 Å². The molecule has 1 aromatic rings. The van der Waals surface area contributed by atoms with Gasteiger partial charge >= 0.3 is 0 Å². The van der Waals surface area contributed by atoms with Crippen LogP contribution in [0.5, 0.6) is 0 Å². The first-order valence-electron chi connectivity index (χ1n) is 6.82. The number of carbonyl (C=O) groups excluding carboxylic acids is 1. The number of carbonyl (C=O) groups is 2. The lowest BCUT2D eigenvalue weighted by atomic mass is 10.1. The summed E-state index contributed by atoms with van der Waals surface area (Å²) in [6, 6.07) is 0.343. The Kier molecular flexibility index (Phi) is 5.64. The molecule has 3 heterocycles. The highest BCUT2D eigenvalue weighted by molar-refractivity contribution is 5.92. The zero-order valence-electron chi connectivity index (χ0n) is 11.6. The Morgan fingerprint density at radius 1 is 1.48 bits per heavy atom. The Bertz CT molecular complexity index is 447. The molecular formula is C12H19N5O4. The van der Waals surface area contributed by atoms with E-state index in [1.54, 1.807) is 0 Å². The topological polar surface area (TPSA) is 120 Å². The van der Waals surface area contributed by atoms with Gasteiger partial charge in [0.15, 0.2) is 5.69 Å². The minimum absolute atomic E-state index is 0.0484. The summed E-state index contributed by atoms with van der Waals surface area (Å²) >= 11 is 0. The zero-order chi connectivity index (χ0) is 15.1. The van der Waals surface area contributed by atoms with E-state index in [9.17, 15) is 4.79 Å². The molecule has 0 aliphatic carbocycles. The van der Waals surface area contributed by atoms with Crippen molar-refractivity contribution >= 4 is 12.4 Å². The van der Waals surface area contributed by atoms with Crippen molar-refractivity contribution in [1.82, 2.24) is 25.6 Å². The molecule has 116 valence electrons. The predicted molar refractivity (Wildman–Crippen MR) is 71.7 cm³/mol. The van der Waals surface area contributed by atoms with Crippen LogP contribution in [0.25, 0.3) is 0 Å². The van der Waals surface area contributed by atoms with Crippen LogP contribution >= 0.6 is 0 Å². The van der Waals surface area contributed by atoms with E-state index in [0.29, 0.717) is 24.9 Å². The standard InChI is InChI=1S/C11H17N5O2.CH2O2/c17-11(8-5-12-15-14-8)13-9-6-18-7-10(9)16-3-1-2-4-16;2-1-3/h5,9-10H,1-4,6-7H2,(H,13,17)(H,12,14,15);1H,(H,2,3)/t9-,10-;/m0./s1. The van der Waals surface area contributed by atoms with Crippen molar-refractivity contribution in [3.8, 4) is 0 Å². The molecule has 2 aliphatic heterocycles. The minimum atomic E-state index is -0.250. The van der Waals surface area contributed by atoms with Crippen LogP contribution < -0.4 is 5.32 Å². The van der Waals surface area contributed by atoms with Crippen molar-refractivity contribution in [2.75, 3.05) is 26.3 Å². The number of hydrogen-bond acceptors (Lipinski definition) is 6. The highest BCUT2D eigenvalue weighted by atomic mass is 16.5. The van der Waals surface area contributed by atoms with Crippen molar-refractivity contribution in [3.63, 3.8) is 0 Å². The number of H-pyrrole nitrogens is 1. The fraction of sp³-hybridized carbons (Fsp3) is 0.667. The number of rotatable bonds is 3. The molecule has 3 rings (SSSR count). The highest BCUT2D eigenvalue weighted by Crippen LogP contribution is 2.19. The van der Waals surface area contributed by atoms with Gasteiger partial charge in [-0.1, -0.05) is 0 Å². The molecule has 9 nitrogen and oxygen atoms in total. The number of carboxylic acid groups (broad SMARTS) is 1. The number of nitrogens with zero attached hydrogens (tertiary/aromatic N) is 3. The second kappa shape index (κ2) is 7.70. The van der Waals surface area contributed by atoms with Crippen molar-refractivity contribution in [2.45, 2.75) is 24.9 Å². The number of aromatic nitrogens is 3.